The number of pyridine rings is 1. The fourth-order valence-electron chi connectivity index (χ4n) is 4.36. The van der Waals surface area contributed by atoms with Crippen molar-refractivity contribution in [3.8, 4) is 0 Å². The van der Waals surface area contributed by atoms with Gasteiger partial charge in [-0.25, -0.2) is 0 Å². The van der Waals surface area contributed by atoms with Gasteiger partial charge in [-0.05, 0) is 49.4 Å². The van der Waals surface area contributed by atoms with E-state index in [2.05, 4.69) is 15.2 Å². The first-order valence-corrected chi connectivity index (χ1v) is 8.66. The van der Waals surface area contributed by atoms with Gasteiger partial charge >= 0.3 is 0 Å². The summed E-state index contributed by atoms with van der Waals surface area (Å²) < 4.78 is 5.75. The summed E-state index contributed by atoms with van der Waals surface area (Å²) in [4.78, 5) is 19.6. The Balaban J connectivity index is 1.55. The second-order valence-electron chi connectivity index (χ2n) is 6.94. The number of nitrogens with zero attached hydrogens (tertiary/aromatic N) is 4. The summed E-state index contributed by atoms with van der Waals surface area (Å²) in [5.41, 5.74) is 1.16. The lowest BCUT2D eigenvalue weighted by atomic mass is 9.67. The average Bonchev–Trinajstić information content (AvgIpc) is 3.15. The van der Waals surface area contributed by atoms with Gasteiger partial charge in [-0.3, -0.25) is 9.78 Å². The van der Waals surface area contributed by atoms with Crippen molar-refractivity contribution in [2.45, 2.75) is 31.7 Å². The van der Waals surface area contributed by atoms with Gasteiger partial charge in [0.1, 0.15) is 5.54 Å². The van der Waals surface area contributed by atoms with Crippen LogP contribution in [0.5, 0.6) is 0 Å². The Labute approximate surface area is 144 Å². The Hall–Kier alpha value is -2.76. The van der Waals surface area contributed by atoms with Gasteiger partial charge in [-0.2, -0.15) is 0 Å². The highest BCUT2D eigenvalue weighted by Crippen LogP contribution is 2.56. The maximum atomic E-state index is 13.3. The van der Waals surface area contributed by atoms with Crippen LogP contribution in [0.3, 0.4) is 0 Å². The van der Waals surface area contributed by atoms with Crippen LogP contribution in [0.15, 0.2) is 40.9 Å². The maximum Gasteiger partial charge on any atom is 0.254 e. The molecule has 2 fully saturated rings. The number of amides is 1. The molecule has 1 aliphatic carbocycles. The van der Waals surface area contributed by atoms with Gasteiger partial charge in [0.05, 0.1) is 5.52 Å². The number of rotatable bonds is 2. The molecule has 1 amide bonds. The van der Waals surface area contributed by atoms with E-state index in [9.17, 15) is 4.79 Å². The quantitative estimate of drug-likeness (QED) is 0.720. The second kappa shape index (κ2) is 5.12. The summed E-state index contributed by atoms with van der Waals surface area (Å²) >= 11 is 0. The third kappa shape index (κ3) is 1.97. The molecule has 0 radical (unpaired) electrons. The number of benzene rings is 1. The van der Waals surface area contributed by atoms with Crippen molar-refractivity contribution in [3.05, 3.63) is 53.9 Å². The topological polar surface area (TPSA) is 72.1 Å². The monoisotopic (exact) mass is 334 g/mol. The number of hydrogen-bond donors (Lipinski definition) is 0. The van der Waals surface area contributed by atoms with Crippen molar-refractivity contribution < 1.29 is 9.21 Å². The first kappa shape index (κ1) is 14.6. The van der Waals surface area contributed by atoms with Gasteiger partial charge in [-0.15, -0.1) is 10.2 Å². The van der Waals surface area contributed by atoms with E-state index in [1.54, 1.807) is 13.1 Å². The van der Waals surface area contributed by atoms with Crippen LogP contribution in [0.1, 0.15) is 41.4 Å². The predicted molar refractivity (Wildman–Crippen MR) is 90.8 cm³/mol. The van der Waals surface area contributed by atoms with Crippen LogP contribution in [0, 0.1) is 12.8 Å². The number of hydrogen-bond acceptors (Lipinski definition) is 5. The molecule has 0 spiro atoms. The third-order valence-electron chi connectivity index (χ3n) is 5.72. The Morgan fingerprint density at radius 3 is 2.96 bits per heavy atom. The Bertz CT molecular complexity index is 982. The molecule has 2 atom stereocenters. The highest BCUT2D eigenvalue weighted by molar-refractivity contribution is 5.98. The van der Waals surface area contributed by atoms with Gasteiger partial charge in [0.2, 0.25) is 11.8 Å². The van der Waals surface area contributed by atoms with E-state index < -0.39 is 5.54 Å². The molecule has 1 saturated heterocycles. The zero-order valence-electron chi connectivity index (χ0n) is 14.0. The van der Waals surface area contributed by atoms with E-state index in [1.807, 2.05) is 35.2 Å². The van der Waals surface area contributed by atoms with Gasteiger partial charge in [0.15, 0.2) is 0 Å². The van der Waals surface area contributed by atoms with Crippen LogP contribution in [0.2, 0.25) is 0 Å². The number of aryl methyl sites for hydroxylation is 1. The molecule has 0 bridgehead atoms. The van der Waals surface area contributed by atoms with E-state index in [-0.39, 0.29) is 5.91 Å². The molecule has 1 saturated carbocycles. The van der Waals surface area contributed by atoms with Gasteiger partial charge in [0.25, 0.3) is 5.91 Å². The minimum Gasteiger partial charge on any atom is -0.423 e. The van der Waals surface area contributed by atoms with Crippen LogP contribution in [0.25, 0.3) is 10.9 Å². The number of likely N-dealkylation sites (tertiary alicyclic amines) is 1. The van der Waals surface area contributed by atoms with E-state index in [0.717, 1.165) is 36.7 Å². The van der Waals surface area contributed by atoms with Crippen molar-refractivity contribution in [1.29, 1.82) is 0 Å². The van der Waals surface area contributed by atoms with Crippen LogP contribution in [-0.4, -0.2) is 32.5 Å². The molecule has 6 heteroatoms. The van der Waals surface area contributed by atoms with Crippen LogP contribution in [0.4, 0.5) is 0 Å². The minimum atomic E-state index is -0.414. The van der Waals surface area contributed by atoms with E-state index >= 15 is 0 Å². The summed E-state index contributed by atoms with van der Waals surface area (Å²) in [6.07, 6.45) is 4.74. The van der Waals surface area contributed by atoms with E-state index in [4.69, 9.17) is 4.42 Å². The molecule has 6 nitrogen and oxygen atoms in total. The molecular weight excluding hydrogens is 316 g/mol. The Morgan fingerprint density at radius 1 is 1.28 bits per heavy atom. The summed E-state index contributed by atoms with van der Waals surface area (Å²) in [5, 5.41) is 9.22. The average molecular weight is 334 g/mol. The van der Waals surface area contributed by atoms with Gasteiger partial charge < -0.3 is 9.32 Å². The van der Waals surface area contributed by atoms with Crippen molar-refractivity contribution in [1.82, 2.24) is 20.1 Å². The highest BCUT2D eigenvalue weighted by Gasteiger charge is 2.61. The number of fused-ring (bicyclic) bond motifs is 2. The van der Waals surface area contributed by atoms with Crippen molar-refractivity contribution >= 4 is 16.8 Å². The second-order valence-corrected chi connectivity index (χ2v) is 6.94. The summed E-state index contributed by atoms with van der Waals surface area (Å²) in [5.74, 6) is 1.59. The van der Waals surface area contributed by atoms with Gasteiger partial charge in [0, 0.05) is 30.6 Å². The fraction of sp³-hybridized carbons (Fsp3) is 0.368. The maximum absolute atomic E-state index is 13.3. The lowest BCUT2D eigenvalue weighted by molar-refractivity contribution is -0.00342. The standard InChI is InChI=1S/C19H18N4O2/c1-12-21-22-18(25-12)19-8-6-15(19)7-10-23(19)17(24)14-4-5-16-13(11-14)3-2-9-20-16/h2-5,9,11,15H,6-8,10H2,1H3/t15-,19-/m0/s1. The van der Waals surface area contributed by atoms with Gasteiger partial charge in [-0.1, -0.05) is 6.07 Å². The number of carbonyl (C=O) groups excluding carboxylic acids is 1. The molecular formula is C19H18N4O2. The van der Waals surface area contributed by atoms with Crippen LogP contribution < -0.4 is 0 Å². The Morgan fingerprint density at radius 2 is 2.20 bits per heavy atom. The molecule has 3 heterocycles. The molecule has 5 rings (SSSR count). The fourth-order valence-corrected chi connectivity index (χ4v) is 4.36. The molecule has 1 aromatic carbocycles. The molecule has 0 unspecified atom stereocenters. The first-order valence-electron chi connectivity index (χ1n) is 8.66. The van der Waals surface area contributed by atoms with Crippen molar-refractivity contribution in [2.24, 2.45) is 5.92 Å². The smallest absolute Gasteiger partial charge is 0.254 e. The van der Waals surface area contributed by atoms with Crippen LogP contribution in [-0.2, 0) is 5.54 Å². The molecule has 25 heavy (non-hydrogen) atoms. The normalized spacial score (nSPS) is 25.0. The largest absolute Gasteiger partial charge is 0.423 e. The molecule has 126 valence electrons. The van der Waals surface area contributed by atoms with Crippen LogP contribution >= 0.6 is 0 Å². The van der Waals surface area contributed by atoms with E-state index in [0.29, 0.717) is 23.3 Å². The molecule has 1 aliphatic heterocycles. The molecule has 2 aromatic heterocycles. The summed E-state index contributed by atoms with van der Waals surface area (Å²) in [6, 6.07) is 9.55. The lowest BCUT2D eigenvalue weighted by Gasteiger charge is -2.47. The molecule has 2 aliphatic rings. The summed E-state index contributed by atoms with van der Waals surface area (Å²) in [6.45, 7) is 2.52. The van der Waals surface area contributed by atoms with Crippen molar-refractivity contribution in [2.75, 3.05) is 6.54 Å². The first-order chi connectivity index (χ1) is 12.2. The summed E-state index contributed by atoms with van der Waals surface area (Å²) in [7, 11) is 0. The number of aromatic nitrogens is 3. The minimum absolute atomic E-state index is 0.0313. The molecule has 3 aromatic rings. The lowest BCUT2D eigenvalue weighted by Crippen LogP contribution is -2.53. The SMILES string of the molecule is Cc1nnc([C@]23CC[C@H]2CCN3C(=O)c2ccc3ncccc3c2)o1. The number of carbonyl (C=O) groups is 1. The van der Waals surface area contributed by atoms with E-state index in [1.165, 1.54) is 0 Å². The molecule has 0 N–H and O–H groups in total. The zero-order valence-corrected chi connectivity index (χ0v) is 14.0. The third-order valence-corrected chi connectivity index (χ3v) is 5.72. The Kier molecular flexibility index (Phi) is 2.98. The van der Waals surface area contributed by atoms with Crippen molar-refractivity contribution in [3.63, 3.8) is 0 Å². The predicted octanol–water partition coefficient (Wildman–Crippen LogP) is 3.08. The zero-order chi connectivity index (χ0) is 17.0. The highest BCUT2D eigenvalue weighted by atomic mass is 16.4.